The van der Waals surface area contributed by atoms with Crippen molar-refractivity contribution in [3.8, 4) is 0 Å². The van der Waals surface area contributed by atoms with E-state index in [-0.39, 0.29) is 17.6 Å². The van der Waals surface area contributed by atoms with Crippen molar-refractivity contribution in [2.45, 2.75) is 13.0 Å². The number of carbonyl (C=O) groups excluding carboxylic acids is 1. The molecule has 1 unspecified atom stereocenters. The molecular weight excluding hydrogens is 254 g/mol. The van der Waals surface area contributed by atoms with E-state index in [0.29, 0.717) is 5.82 Å². The molecule has 0 aliphatic heterocycles. The molecule has 1 atom stereocenters. The average Bonchev–Trinajstić information content (AvgIpc) is 2.48. The third-order valence-corrected chi connectivity index (χ3v) is 2.93. The van der Waals surface area contributed by atoms with Crippen LogP contribution in [0, 0.1) is 0 Å². The molecule has 20 heavy (non-hydrogen) atoms. The van der Waals surface area contributed by atoms with Gasteiger partial charge in [-0.2, -0.15) is 0 Å². The number of nitrogens with one attached hydrogen (secondary N) is 2. The second-order valence-electron chi connectivity index (χ2n) is 4.42. The van der Waals surface area contributed by atoms with Gasteiger partial charge in [-0.25, -0.2) is 0 Å². The van der Waals surface area contributed by atoms with Crippen molar-refractivity contribution >= 4 is 17.4 Å². The highest BCUT2D eigenvalue weighted by Crippen LogP contribution is 2.18. The van der Waals surface area contributed by atoms with Crippen molar-refractivity contribution in [1.82, 2.24) is 15.5 Å². The SMILES string of the molecule is CNC(=O)c1ccc(NC(C)c2ccc(N)cc2)nn1. The van der Waals surface area contributed by atoms with Gasteiger partial charge in [0.25, 0.3) is 5.91 Å². The van der Waals surface area contributed by atoms with Gasteiger partial charge in [-0.1, -0.05) is 12.1 Å². The maximum Gasteiger partial charge on any atom is 0.271 e. The van der Waals surface area contributed by atoms with Crippen molar-refractivity contribution < 1.29 is 4.79 Å². The molecule has 4 N–H and O–H groups in total. The maximum atomic E-state index is 11.4. The van der Waals surface area contributed by atoms with E-state index in [1.165, 1.54) is 0 Å². The van der Waals surface area contributed by atoms with E-state index < -0.39 is 0 Å². The van der Waals surface area contributed by atoms with E-state index in [9.17, 15) is 4.79 Å². The monoisotopic (exact) mass is 271 g/mol. The summed E-state index contributed by atoms with van der Waals surface area (Å²) in [6.45, 7) is 2.01. The topological polar surface area (TPSA) is 92.9 Å². The van der Waals surface area contributed by atoms with Crippen LogP contribution in [-0.4, -0.2) is 23.2 Å². The number of nitrogens with two attached hydrogens (primary N) is 1. The molecule has 104 valence electrons. The normalized spacial score (nSPS) is 11.7. The second-order valence-corrected chi connectivity index (χ2v) is 4.42. The molecule has 0 spiro atoms. The van der Waals surface area contributed by atoms with Crippen LogP contribution in [0.5, 0.6) is 0 Å². The predicted molar refractivity (Wildman–Crippen MR) is 78.3 cm³/mol. The van der Waals surface area contributed by atoms with Crippen molar-refractivity contribution in [2.24, 2.45) is 0 Å². The van der Waals surface area contributed by atoms with Gasteiger partial charge < -0.3 is 16.4 Å². The summed E-state index contributed by atoms with van der Waals surface area (Å²) in [6.07, 6.45) is 0. The average molecular weight is 271 g/mol. The summed E-state index contributed by atoms with van der Waals surface area (Å²) in [4.78, 5) is 11.4. The van der Waals surface area contributed by atoms with Crippen LogP contribution < -0.4 is 16.4 Å². The summed E-state index contributed by atoms with van der Waals surface area (Å²) in [5.41, 5.74) is 7.77. The Hall–Kier alpha value is -2.63. The van der Waals surface area contributed by atoms with E-state index in [0.717, 1.165) is 11.3 Å². The zero-order valence-electron chi connectivity index (χ0n) is 11.4. The molecule has 2 aromatic rings. The van der Waals surface area contributed by atoms with Gasteiger partial charge in [0.15, 0.2) is 5.69 Å². The lowest BCUT2D eigenvalue weighted by Crippen LogP contribution is -2.20. The molecule has 6 nitrogen and oxygen atoms in total. The zero-order valence-corrected chi connectivity index (χ0v) is 11.4. The van der Waals surface area contributed by atoms with Crippen molar-refractivity contribution in [3.05, 3.63) is 47.7 Å². The Bertz CT molecular complexity index is 580. The fourth-order valence-electron chi connectivity index (χ4n) is 1.75. The first kappa shape index (κ1) is 13.8. The highest BCUT2D eigenvalue weighted by Gasteiger charge is 2.08. The number of carbonyl (C=O) groups is 1. The van der Waals surface area contributed by atoms with Gasteiger partial charge >= 0.3 is 0 Å². The fraction of sp³-hybridized carbons (Fsp3) is 0.214. The number of benzene rings is 1. The van der Waals surface area contributed by atoms with Gasteiger partial charge in [0.2, 0.25) is 0 Å². The van der Waals surface area contributed by atoms with Gasteiger partial charge in [-0.05, 0) is 36.8 Å². The maximum absolute atomic E-state index is 11.4. The summed E-state index contributed by atoms with van der Waals surface area (Å²) in [5, 5.41) is 13.6. The van der Waals surface area contributed by atoms with Crippen molar-refractivity contribution in [2.75, 3.05) is 18.1 Å². The van der Waals surface area contributed by atoms with E-state index in [4.69, 9.17) is 5.73 Å². The molecule has 6 heteroatoms. The third kappa shape index (κ3) is 3.23. The van der Waals surface area contributed by atoms with Crippen LogP contribution in [0.3, 0.4) is 0 Å². The lowest BCUT2D eigenvalue weighted by molar-refractivity contribution is 0.0957. The number of amides is 1. The Balaban J connectivity index is 2.06. The number of aromatic nitrogens is 2. The Morgan fingerprint density at radius 1 is 1.15 bits per heavy atom. The van der Waals surface area contributed by atoms with E-state index in [2.05, 4.69) is 20.8 Å². The van der Waals surface area contributed by atoms with Crippen LogP contribution in [0.15, 0.2) is 36.4 Å². The quantitative estimate of drug-likeness (QED) is 0.734. The molecule has 0 radical (unpaired) electrons. The van der Waals surface area contributed by atoms with E-state index >= 15 is 0 Å². The number of hydrogen-bond acceptors (Lipinski definition) is 5. The van der Waals surface area contributed by atoms with Crippen molar-refractivity contribution in [3.63, 3.8) is 0 Å². The Labute approximate surface area is 117 Å². The first-order valence-electron chi connectivity index (χ1n) is 6.28. The van der Waals surface area contributed by atoms with E-state index in [1.807, 2.05) is 31.2 Å². The Morgan fingerprint density at radius 3 is 2.40 bits per heavy atom. The lowest BCUT2D eigenvalue weighted by atomic mass is 10.1. The molecule has 0 saturated heterocycles. The number of anilines is 2. The first-order chi connectivity index (χ1) is 9.60. The highest BCUT2D eigenvalue weighted by molar-refractivity contribution is 5.91. The van der Waals surface area contributed by atoms with Gasteiger partial charge in [0.05, 0.1) is 6.04 Å². The summed E-state index contributed by atoms with van der Waals surface area (Å²) >= 11 is 0. The lowest BCUT2D eigenvalue weighted by Gasteiger charge is -2.14. The van der Waals surface area contributed by atoms with Gasteiger partial charge in [0, 0.05) is 12.7 Å². The minimum Gasteiger partial charge on any atom is -0.399 e. The first-order valence-corrected chi connectivity index (χ1v) is 6.28. The molecule has 0 bridgehead atoms. The van der Waals surface area contributed by atoms with Crippen LogP contribution in [0.1, 0.15) is 29.0 Å². The molecule has 0 saturated carbocycles. The molecule has 2 rings (SSSR count). The molecular formula is C14H17N5O. The number of hydrogen-bond donors (Lipinski definition) is 3. The van der Waals surface area contributed by atoms with Crippen LogP contribution in [0.25, 0.3) is 0 Å². The molecule has 1 heterocycles. The largest absolute Gasteiger partial charge is 0.399 e. The summed E-state index contributed by atoms with van der Waals surface area (Å²) in [6, 6.07) is 11.0. The second kappa shape index (κ2) is 6.01. The minimum absolute atomic E-state index is 0.0655. The number of nitrogen functional groups attached to an aromatic ring is 1. The van der Waals surface area contributed by atoms with Crippen molar-refractivity contribution in [1.29, 1.82) is 0 Å². The van der Waals surface area contributed by atoms with Crippen LogP contribution in [-0.2, 0) is 0 Å². The smallest absolute Gasteiger partial charge is 0.271 e. The predicted octanol–water partition coefficient (Wildman–Crippen LogP) is 1.59. The minimum atomic E-state index is -0.254. The standard InChI is InChI=1S/C14H17N5O/c1-9(10-3-5-11(15)6-4-10)17-13-8-7-12(18-19-13)14(20)16-2/h3-9H,15H2,1-2H3,(H,16,20)(H,17,19). The Kier molecular flexibility index (Phi) is 4.14. The summed E-state index contributed by atoms with van der Waals surface area (Å²) in [7, 11) is 1.55. The zero-order chi connectivity index (χ0) is 14.5. The van der Waals surface area contributed by atoms with Crippen LogP contribution >= 0.6 is 0 Å². The fourth-order valence-corrected chi connectivity index (χ4v) is 1.75. The van der Waals surface area contributed by atoms with Gasteiger partial charge in [-0.3, -0.25) is 4.79 Å². The van der Waals surface area contributed by atoms with E-state index in [1.54, 1.807) is 19.2 Å². The van der Waals surface area contributed by atoms with Gasteiger partial charge in [0.1, 0.15) is 5.82 Å². The number of nitrogens with zero attached hydrogens (tertiary/aromatic N) is 2. The van der Waals surface area contributed by atoms with Crippen LogP contribution in [0.4, 0.5) is 11.5 Å². The molecule has 0 fully saturated rings. The molecule has 0 aliphatic rings. The summed E-state index contributed by atoms with van der Waals surface area (Å²) in [5.74, 6) is 0.359. The molecule has 0 aliphatic carbocycles. The Morgan fingerprint density at radius 2 is 1.85 bits per heavy atom. The summed E-state index contributed by atoms with van der Waals surface area (Å²) < 4.78 is 0. The van der Waals surface area contributed by atoms with Crippen LogP contribution in [0.2, 0.25) is 0 Å². The number of rotatable bonds is 4. The highest BCUT2D eigenvalue weighted by atomic mass is 16.1. The molecule has 1 amide bonds. The third-order valence-electron chi connectivity index (χ3n) is 2.93. The molecule has 1 aromatic carbocycles. The molecule has 1 aromatic heterocycles. The van der Waals surface area contributed by atoms with Gasteiger partial charge in [-0.15, -0.1) is 10.2 Å².